The highest BCUT2D eigenvalue weighted by Gasteiger charge is 2.78. The summed E-state index contributed by atoms with van der Waals surface area (Å²) in [6.45, 7) is 3.90. The number of aliphatic hydroxyl groups excluding tert-OH is 1. The van der Waals surface area contributed by atoms with E-state index < -0.39 is 35.0 Å². The fourth-order valence-electron chi connectivity index (χ4n) is 10.3. The molecule has 3 fully saturated rings. The van der Waals surface area contributed by atoms with E-state index in [0.29, 0.717) is 99.1 Å². The van der Waals surface area contributed by atoms with Crippen molar-refractivity contribution >= 4 is 29.6 Å². The number of carbonyl (C=O) groups is 3. The number of carbonyl (C=O) groups excluding carboxylic acids is 3. The van der Waals surface area contributed by atoms with Gasteiger partial charge in [-0.15, -0.1) is 5.10 Å². The number of aromatic nitrogens is 3. The predicted octanol–water partition coefficient (Wildman–Crippen LogP) is 3.54. The van der Waals surface area contributed by atoms with Gasteiger partial charge in [-0.2, -0.15) is 11.8 Å². The number of amides is 4. The van der Waals surface area contributed by atoms with Gasteiger partial charge in [-0.1, -0.05) is 54.1 Å². The highest BCUT2D eigenvalue weighted by atomic mass is 32.2. The molecule has 4 heterocycles. The number of hydrogen-bond acceptors (Lipinski definition) is 15. The summed E-state index contributed by atoms with van der Waals surface area (Å²) in [4.78, 5) is 38.3. The van der Waals surface area contributed by atoms with E-state index in [1.807, 2.05) is 42.1 Å². The number of thioether (sulfide) groups is 1. The summed E-state index contributed by atoms with van der Waals surface area (Å²) in [6.07, 6.45) is 4.77. The molecule has 70 heavy (non-hydrogen) atoms. The Morgan fingerprint density at radius 1 is 0.871 bits per heavy atom. The predicted molar refractivity (Wildman–Crippen MR) is 258 cm³/mol. The Kier molecular flexibility index (Phi) is 17.0. The average Bonchev–Trinajstić information content (AvgIpc) is 4.18. The van der Waals surface area contributed by atoms with Crippen molar-refractivity contribution in [2.24, 2.45) is 5.92 Å². The third-order valence-corrected chi connectivity index (χ3v) is 15.1. The number of fused-ring (bicyclic) bond motifs is 4. The molecule has 0 unspecified atom stereocenters. The minimum atomic E-state index is -2.18. The summed E-state index contributed by atoms with van der Waals surface area (Å²) in [5.74, 6) is -0.117. The molecular weight excluding hydrogens is 923 g/mol. The number of unbranched alkanes of at least 4 members (excludes halogenated alkanes) is 1. The summed E-state index contributed by atoms with van der Waals surface area (Å²) in [5.41, 5.74) is -1.98. The Morgan fingerprint density at radius 3 is 2.33 bits per heavy atom. The average molecular weight is 988 g/mol. The highest BCUT2D eigenvalue weighted by molar-refractivity contribution is 8.00. The molecule has 1 saturated carbocycles. The molecule has 19 nitrogen and oxygen atoms in total. The van der Waals surface area contributed by atoms with E-state index >= 15 is 0 Å². The van der Waals surface area contributed by atoms with Crippen molar-refractivity contribution in [1.29, 1.82) is 0 Å². The first kappa shape index (κ1) is 50.7. The lowest BCUT2D eigenvalue weighted by atomic mass is 9.70. The van der Waals surface area contributed by atoms with Crippen molar-refractivity contribution in [2.45, 2.75) is 92.2 Å². The van der Waals surface area contributed by atoms with Crippen LogP contribution in [0.3, 0.4) is 0 Å². The number of ether oxygens (including phenoxy) is 7. The number of aryl methyl sites for hydroxylation is 1. The molecular formula is C50H65N7O12S. The molecule has 20 heteroatoms. The monoisotopic (exact) mass is 987 g/mol. The molecule has 2 saturated heterocycles. The maximum absolute atomic E-state index is 14.5. The van der Waals surface area contributed by atoms with Crippen LogP contribution in [0.25, 0.3) is 0 Å². The maximum Gasteiger partial charge on any atom is 0.315 e. The quantitative estimate of drug-likeness (QED) is 0.0371. The van der Waals surface area contributed by atoms with E-state index in [1.165, 1.54) is 14.2 Å². The third kappa shape index (κ3) is 10.8. The van der Waals surface area contributed by atoms with Crippen LogP contribution >= 0.6 is 11.8 Å². The molecule has 378 valence electrons. The van der Waals surface area contributed by atoms with E-state index in [1.54, 1.807) is 54.4 Å². The van der Waals surface area contributed by atoms with Crippen LogP contribution in [0.1, 0.15) is 66.8 Å². The fourth-order valence-corrected chi connectivity index (χ4v) is 11.8. The second-order valence-corrected chi connectivity index (χ2v) is 19.1. The first-order valence-electron chi connectivity index (χ1n) is 24.0. The van der Waals surface area contributed by atoms with Crippen molar-refractivity contribution < 1.29 is 57.8 Å². The van der Waals surface area contributed by atoms with E-state index in [4.69, 9.17) is 33.2 Å². The SMILES string of the molecule is COc1ccc([C@@]23Oc4cc(OC)cc(OC)c4[C@]2(O)[C@H](O)[C@H](C(=O)NCc2cn(CCCOCCOCCOCCCNC(=O)CCCC[C@@H]4SC[C@@H]5NC(=O)N[C@@H]54)nn2)[C@H]3c2ccccc2)cc1. The molecule has 4 aromatic rings. The number of nitrogens with one attached hydrogen (secondary N) is 4. The van der Waals surface area contributed by atoms with Gasteiger partial charge < -0.3 is 64.6 Å². The Morgan fingerprint density at radius 2 is 1.60 bits per heavy atom. The Balaban J connectivity index is 0.742. The summed E-state index contributed by atoms with van der Waals surface area (Å²) < 4.78 is 42.4. The molecule has 0 bridgehead atoms. The zero-order valence-corrected chi connectivity index (χ0v) is 40.7. The van der Waals surface area contributed by atoms with Gasteiger partial charge in [0.2, 0.25) is 11.8 Å². The van der Waals surface area contributed by atoms with Crippen molar-refractivity contribution in [3.8, 4) is 23.0 Å². The Bertz CT molecular complexity index is 2380. The van der Waals surface area contributed by atoms with Crippen LogP contribution in [0.4, 0.5) is 4.79 Å². The minimum Gasteiger partial charge on any atom is -0.497 e. The molecule has 6 N–H and O–H groups in total. The van der Waals surface area contributed by atoms with Crippen LogP contribution in [0.15, 0.2) is 72.9 Å². The summed E-state index contributed by atoms with van der Waals surface area (Å²) >= 11 is 1.90. The van der Waals surface area contributed by atoms with Crippen LogP contribution in [-0.4, -0.2) is 140 Å². The lowest BCUT2D eigenvalue weighted by Gasteiger charge is -2.40. The number of rotatable bonds is 27. The smallest absolute Gasteiger partial charge is 0.315 e. The van der Waals surface area contributed by atoms with Crippen LogP contribution in [0.2, 0.25) is 0 Å². The highest BCUT2D eigenvalue weighted by Crippen LogP contribution is 2.70. The zero-order chi connectivity index (χ0) is 49.1. The minimum absolute atomic E-state index is 0.0215. The molecule has 8 atom stereocenters. The number of hydrogen-bond donors (Lipinski definition) is 6. The summed E-state index contributed by atoms with van der Waals surface area (Å²) in [7, 11) is 4.53. The third-order valence-electron chi connectivity index (χ3n) is 13.6. The van der Waals surface area contributed by atoms with E-state index in [-0.39, 0.29) is 47.6 Å². The van der Waals surface area contributed by atoms with Gasteiger partial charge in [0, 0.05) is 61.8 Å². The largest absolute Gasteiger partial charge is 0.497 e. The number of nitrogens with zero attached hydrogens (tertiary/aromatic N) is 3. The van der Waals surface area contributed by atoms with Gasteiger partial charge in [-0.05, 0) is 48.9 Å². The number of aliphatic hydroxyl groups is 2. The van der Waals surface area contributed by atoms with Crippen LogP contribution < -0.4 is 40.2 Å². The van der Waals surface area contributed by atoms with E-state index in [0.717, 1.165) is 31.4 Å². The Labute approximate surface area is 412 Å². The van der Waals surface area contributed by atoms with Gasteiger partial charge in [0.05, 0.1) is 84.1 Å². The second-order valence-electron chi connectivity index (χ2n) is 17.8. The number of benzene rings is 3. The van der Waals surface area contributed by atoms with Crippen LogP contribution in [0.5, 0.6) is 23.0 Å². The number of urea groups is 1. The Hall–Kier alpha value is -5.64. The van der Waals surface area contributed by atoms with Gasteiger partial charge in [-0.3, -0.25) is 14.3 Å². The van der Waals surface area contributed by atoms with Crippen molar-refractivity contribution in [1.82, 2.24) is 36.3 Å². The van der Waals surface area contributed by atoms with Crippen molar-refractivity contribution in [2.75, 3.05) is 73.3 Å². The molecule has 4 aliphatic rings. The lowest BCUT2D eigenvalue weighted by Crippen LogP contribution is -2.52. The number of methoxy groups -OCH3 is 3. The normalized spacial score (nSPS) is 25.0. The fraction of sp³-hybridized carbons (Fsp3) is 0.540. The van der Waals surface area contributed by atoms with Crippen LogP contribution in [0, 0.1) is 5.92 Å². The molecule has 0 spiro atoms. The first-order chi connectivity index (χ1) is 34.1. The van der Waals surface area contributed by atoms with Gasteiger partial charge in [0.15, 0.2) is 11.2 Å². The molecule has 0 radical (unpaired) electrons. The lowest BCUT2D eigenvalue weighted by molar-refractivity contribution is -0.154. The van der Waals surface area contributed by atoms with Gasteiger partial charge >= 0.3 is 6.03 Å². The standard InChI is InChI=1S/C50H65N7O12S/c1-63-35-17-15-33(16-18-35)50-43(32-11-5-4-6-12-32)42(46(59)49(50,62)44-38(65-3)27-36(64-2)28-39(44)69-50)47(60)52-29-34-30-57(56-55-34)20-10-22-67-24-26-68-25-23-66-21-9-19-51-41(58)14-8-7-13-40-45-37(31-70-40)53-48(61)54-45/h4-6,11-12,15-18,27-28,30,37,40,42-43,45-46,59,62H,7-10,13-14,19-26,29,31H2,1-3H3,(H,51,58)(H,52,60)(H2,53,54,61)/t37-,40-,42+,43+,45-,46+,49-,50-/m0/s1. The topological polar surface area (TPSA) is 235 Å². The molecule has 1 aliphatic carbocycles. The van der Waals surface area contributed by atoms with Crippen LogP contribution in [-0.2, 0) is 48.1 Å². The van der Waals surface area contributed by atoms with Gasteiger partial charge in [-0.25, -0.2) is 4.79 Å². The van der Waals surface area contributed by atoms with Crippen molar-refractivity contribution in [3.05, 3.63) is 95.3 Å². The first-order valence-corrected chi connectivity index (χ1v) is 25.1. The van der Waals surface area contributed by atoms with Crippen molar-refractivity contribution in [3.63, 3.8) is 0 Å². The maximum atomic E-state index is 14.5. The molecule has 8 rings (SSSR count). The summed E-state index contributed by atoms with van der Waals surface area (Å²) in [6, 6.07) is 20.0. The summed E-state index contributed by atoms with van der Waals surface area (Å²) in [5, 5.41) is 46.5. The molecule has 3 aromatic carbocycles. The van der Waals surface area contributed by atoms with Gasteiger partial charge in [0.25, 0.3) is 0 Å². The van der Waals surface area contributed by atoms with E-state index in [2.05, 4.69) is 31.6 Å². The zero-order valence-electron chi connectivity index (χ0n) is 39.9. The molecule has 4 amide bonds. The molecule has 3 aliphatic heterocycles. The molecule has 1 aromatic heterocycles. The second kappa shape index (κ2) is 23.5. The van der Waals surface area contributed by atoms with Gasteiger partial charge in [0.1, 0.15) is 34.8 Å². The van der Waals surface area contributed by atoms with E-state index in [9.17, 15) is 24.6 Å².